The van der Waals surface area contributed by atoms with Gasteiger partial charge in [0.25, 0.3) is 0 Å². The Morgan fingerprint density at radius 2 is 2.10 bits per heavy atom. The van der Waals surface area contributed by atoms with Crippen molar-refractivity contribution in [1.82, 2.24) is 20.2 Å². The molecule has 1 fully saturated rings. The lowest BCUT2D eigenvalue weighted by atomic mass is 10.1. The van der Waals surface area contributed by atoms with E-state index in [1.807, 2.05) is 31.2 Å². The first-order chi connectivity index (χ1) is 10.2. The van der Waals surface area contributed by atoms with E-state index in [-0.39, 0.29) is 5.28 Å². The van der Waals surface area contributed by atoms with Crippen LogP contribution in [0.15, 0.2) is 24.3 Å². The summed E-state index contributed by atoms with van der Waals surface area (Å²) in [5, 5.41) is 11.8. The third-order valence-electron chi connectivity index (χ3n) is 3.69. The first-order valence-electron chi connectivity index (χ1n) is 6.95. The van der Waals surface area contributed by atoms with Crippen LogP contribution in [0.25, 0.3) is 10.9 Å². The van der Waals surface area contributed by atoms with E-state index in [1.165, 1.54) is 18.5 Å². The number of benzene rings is 1. The van der Waals surface area contributed by atoms with Crippen molar-refractivity contribution < 1.29 is 0 Å². The minimum Gasteiger partial charge on any atom is -0.323 e. The Bertz CT molecular complexity index is 817. The van der Waals surface area contributed by atoms with E-state index in [0.717, 1.165) is 22.3 Å². The van der Waals surface area contributed by atoms with Crippen LogP contribution in [0.2, 0.25) is 5.28 Å². The van der Waals surface area contributed by atoms with Crippen LogP contribution in [0.1, 0.15) is 30.0 Å². The first kappa shape index (κ1) is 12.6. The minimum atomic E-state index is 0.230. The van der Waals surface area contributed by atoms with Gasteiger partial charge in [0.05, 0.1) is 5.52 Å². The highest BCUT2D eigenvalue weighted by atomic mass is 35.5. The summed E-state index contributed by atoms with van der Waals surface area (Å²) in [4.78, 5) is 8.55. The van der Waals surface area contributed by atoms with Crippen LogP contribution < -0.4 is 5.32 Å². The SMILES string of the molecule is Cc1ccc2c(Nc3cc(C4CC4)[nH]n3)nc(Cl)nc2c1. The largest absolute Gasteiger partial charge is 0.323 e. The van der Waals surface area contributed by atoms with Gasteiger partial charge in [0.15, 0.2) is 5.82 Å². The topological polar surface area (TPSA) is 66.5 Å². The number of hydrogen-bond donors (Lipinski definition) is 2. The van der Waals surface area contributed by atoms with Crippen molar-refractivity contribution in [3.63, 3.8) is 0 Å². The van der Waals surface area contributed by atoms with Crippen molar-refractivity contribution in [3.8, 4) is 0 Å². The number of aromatic nitrogens is 4. The van der Waals surface area contributed by atoms with Gasteiger partial charge in [0, 0.05) is 23.1 Å². The van der Waals surface area contributed by atoms with E-state index in [2.05, 4.69) is 25.5 Å². The summed E-state index contributed by atoms with van der Waals surface area (Å²) < 4.78 is 0. The molecule has 2 aromatic heterocycles. The highest BCUT2D eigenvalue weighted by Gasteiger charge is 2.25. The number of aryl methyl sites for hydroxylation is 1. The zero-order chi connectivity index (χ0) is 14.4. The van der Waals surface area contributed by atoms with Gasteiger partial charge in [-0.3, -0.25) is 5.10 Å². The molecular weight excluding hydrogens is 286 g/mol. The number of hydrogen-bond acceptors (Lipinski definition) is 4. The van der Waals surface area contributed by atoms with Crippen molar-refractivity contribution in [3.05, 3.63) is 40.8 Å². The fraction of sp³-hybridized carbons (Fsp3) is 0.267. The van der Waals surface area contributed by atoms with Crippen molar-refractivity contribution >= 4 is 34.1 Å². The molecule has 1 saturated carbocycles. The Morgan fingerprint density at radius 1 is 1.24 bits per heavy atom. The smallest absolute Gasteiger partial charge is 0.224 e. The average Bonchev–Trinajstić information content (AvgIpc) is 3.19. The van der Waals surface area contributed by atoms with E-state index >= 15 is 0 Å². The third-order valence-corrected chi connectivity index (χ3v) is 3.86. The molecule has 1 aliphatic carbocycles. The second kappa shape index (κ2) is 4.70. The average molecular weight is 300 g/mol. The molecule has 0 atom stereocenters. The summed E-state index contributed by atoms with van der Waals surface area (Å²) >= 11 is 6.02. The molecule has 4 rings (SSSR count). The molecule has 2 heterocycles. The maximum absolute atomic E-state index is 6.02. The fourth-order valence-corrected chi connectivity index (χ4v) is 2.61. The molecule has 5 nitrogen and oxygen atoms in total. The molecule has 1 aromatic carbocycles. The Kier molecular flexibility index (Phi) is 2.82. The van der Waals surface area contributed by atoms with Crippen LogP contribution in [-0.2, 0) is 0 Å². The molecule has 0 bridgehead atoms. The number of nitrogens with one attached hydrogen (secondary N) is 2. The van der Waals surface area contributed by atoms with Gasteiger partial charge in [-0.2, -0.15) is 10.1 Å². The van der Waals surface area contributed by atoms with Gasteiger partial charge in [0.2, 0.25) is 5.28 Å². The predicted octanol–water partition coefficient (Wildman–Crippen LogP) is 3.94. The summed E-state index contributed by atoms with van der Waals surface area (Å²) in [5.41, 5.74) is 3.15. The summed E-state index contributed by atoms with van der Waals surface area (Å²) in [6.45, 7) is 2.03. The maximum atomic E-state index is 6.02. The van der Waals surface area contributed by atoms with E-state index in [9.17, 15) is 0 Å². The molecule has 0 amide bonds. The standard InChI is InChI=1S/C15H14ClN5/c1-8-2-5-10-12(6-8)17-15(16)19-14(10)18-13-7-11(20-21-13)9-3-4-9/h2,5-7,9H,3-4H2,1H3,(H2,17,18,19,20,21). The maximum Gasteiger partial charge on any atom is 0.224 e. The second-order valence-corrected chi connectivity index (χ2v) is 5.81. The lowest BCUT2D eigenvalue weighted by molar-refractivity contribution is 0.966. The van der Waals surface area contributed by atoms with Crippen molar-refractivity contribution in [1.29, 1.82) is 0 Å². The van der Waals surface area contributed by atoms with Gasteiger partial charge < -0.3 is 5.32 Å². The van der Waals surface area contributed by atoms with E-state index in [1.54, 1.807) is 0 Å². The molecule has 21 heavy (non-hydrogen) atoms. The van der Waals surface area contributed by atoms with Gasteiger partial charge in [-0.1, -0.05) is 6.07 Å². The Hall–Kier alpha value is -2.14. The van der Waals surface area contributed by atoms with Crippen LogP contribution in [0.3, 0.4) is 0 Å². The third kappa shape index (κ3) is 2.45. The van der Waals surface area contributed by atoms with Gasteiger partial charge in [0.1, 0.15) is 5.82 Å². The van der Waals surface area contributed by atoms with E-state index in [4.69, 9.17) is 11.6 Å². The lowest BCUT2D eigenvalue weighted by Crippen LogP contribution is -1.97. The van der Waals surface area contributed by atoms with Gasteiger partial charge in [-0.25, -0.2) is 4.98 Å². The van der Waals surface area contributed by atoms with E-state index in [0.29, 0.717) is 11.7 Å². The molecule has 0 spiro atoms. The Morgan fingerprint density at radius 3 is 2.90 bits per heavy atom. The summed E-state index contributed by atoms with van der Waals surface area (Å²) in [6.07, 6.45) is 2.48. The van der Waals surface area contributed by atoms with Crippen LogP contribution in [0, 0.1) is 6.92 Å². The molecule has 3 aromatic rings. The number of fused-ring (bicyclic) bond motifs is 1. The summed E-state index contributed by atoms with van der Waals surface area (Å²) in [7, 11) is 0. The molecule has 2 N–H and O–H groups in total. The lowest BCUT2D eigenvalue weighted by Gasteiger charge is -2.07. The summed E-state index contributed by atoms with van der Waals surface area (Å²) in [6, 6.07) is 8.06. The normalized spacial score (nSPS) is 14.6. The zero-order valence-corrected chi connectivity index (χ0v) is 12.3. The Balaban J connectivity index is 1.74. The molecule has 0 unspecified atom stereocenters. The van der Waals surface area contributed by atoms with Crippen molar-refractivity contribution in [2.45, 2.75) is 25.7 Å². The molecule has 0 saturated heterocycles. The first-order valence-corrected chi connectivity index (χ1v) is 7.33. The van der Waals surface area contributed by atoms with Crippen molar-refractivity contribution in [2.24, 2.45) is 0 Å². The van der Waals surface area contributed by atoms with Gasteiger partial charge in [-0.15, -0.1) is 0 Å². The van der Waals surface area contributed by atoms with Crippen LogP contribution in [0.4, 0.5) is 11.6 Å². The van der Waals surface area contributed by atoms with Gasteiger partial charge in [-0.05, 0) is 49.1 Å². The number of anilines is 2. The van der Waals surface area contributed by atoms with E-state index < -0.39 is 0 Å². The second-order valence-electron chi connectivity index (χ2n) is 5.47. The molecule has 0 aliphatic heterocycles. The minimum absolute atomic E-state index is 0.230. The molecular formula is C15H14ClN5. The van der Waals surface area contributed by atoms with Crippen LogP contribution in [-0.4, -0.2) is 20.2 Å². The predicted molar refractivity (Wildman–Crippen MR) is 83.1 cm³/mol. The van der Waals surface area contributed by atoms with Gasteiger partial charge >= 0.3 is 0 Å². The highest BCUT2D eigenvalue weighted by Crippen LogP contribution is 2.39. The monoisotopic (exact) mass is 299 g/mol. The molecule has 106 valence electrons. The zero-order valence-electron chi connectivity index (χ0n) is 11.5. The van der Waals surface area contributed by atoms with Crippen molar-refractivity contribution in [2.75, 3.05) is 5.32 Å². The van der Waals surface area contributed by atoms with Crippen LogP contribution in [0.5, 0.6) is 0 Å². The molecule has 6 heteroatoms. The number of aromatic amines is 1. The molecule has 0 radical (unpaired) electrons. The number of rotatable bonds is 3. The Labute approximate surface area is 126 Å². The summed E-state index contributed by atoms with van der Waals surface area (Å²) in [5.74, 6) is 2.08. The number of nitrogens with zero attached hydrogens (tertiary/aromatic N) is 3. The fourth-order valence-electron chi connectivity index (χ4n) is 2.43. The highest BCUT2D eigenvalue weighted by molar-refractivity contribution is 6.28. The number of H-pyrrole nitrogens is 1. The number of halogens is 1. The quantitative estimate of drug-likeness (QED) is 0.719. The molecule has 1 aliphatic rings. The van der Waals surface area contributed by atoms with Crippen LogP contribution >= 0.6 is 11.6 Å².